The van der Waals surface area contributed by atoms with Crippen molar-refractivity contribution in [3.8, 4) is 0 Å². The van der Waals surface area contributed by atoms with Crippen molar-refractivity contribution in [2.24, 2.45) is 10.8 Å². The van der Waals surface area contributed by atoms with Crippen LogP contribution in [0.15, 0.2) is 0 Å². The second-order valence-corrected chi connectivity index (χ2v) is 8.84. The lowest BCUT2D eigenvalue weighted by molar-refractivity contribution is -0.187. The van der Waals surface area contributed by atoms with Crippen LogP contribution in [0.25, 0.3) is 0 Å². The van der Waals surface area contributed by atoms with Crippen LogP contribution in [-0.4, -0.2) is 73.7 Å². The largest absolute Gasteiger partial charge is 0.463 e. The maximum Gasteiger partial charge on any atom is 0.348 e. The zero-order valence-electron chi connectivity index (χ0n) is 16.4. The standard InChI is InChI=1S/C20H32N2O4.ClH/c1-2-25-18(24)17(20-6-12-22(13-7-20)14-8-20)26-16(23)15-19-3-9-21(10-4-19)11-5-19;/h17H,2-15H2,1H3;1H. The number of fused-ring (bicyclic) bond motifs is 6. The molecule has 1 atom stereocenters. The molecule has 0 aliphatic carbocycles. The Labute approximate surface area is 168 Å². The first-order valence-electron chi connectivity index (χ1n) is 10.4. The Kier molecular flexibility index (Phi) is 6.38. The Balaban J connectivity index is 0.00000210. The molecule has 27 heavy (non-hydrogen) atoms. The SMILES string of the molecule is CCOC(=O)C(OC(=O)CC12CCN(CC1)CC2)C12CCN(CC1)CC2.Cl. The molecule has 0 N–H and O–H groups in total. The van der Waals surface area contributed by atoms with E-state index in [1.165, 1.54) is 0 Å². The van der Waals surface area contributed by atoms with Gasteiger partial charge in [0.05, 0.1) is 13.0 Å². The highest BCUT2D eigenvalue weighted by Gasteiger charge is 2.51. The molecular formula is C20H33ClN2O4. The van der Waals surface area contributed by atoms with Crippen LogP contribution >= 0.6 is 12.4 Å². The molecular weight excluding hydrogens is 368 g/mol. The molecule has 154 valence electrons. The van der Waals surface area contributed by atoms with Crippen LogP contribution in [0.3, 0.4) is 0 Å². The number of hydrogen-bond donors (Lipinski definition) is 0. The van der Waals surface area contributed by atoms with E-state index in [0.717, 1.165) is 77.8 Å². The quantitative estimate of drug-likeness (QED) is 0.637. The molecule has 6 aliphatic heterocycles. The van der Waals surface area contributed by atoms with Gasteiger partial charge in [-0.25, -0.2) is 4.79 Å². The zero-order valence-corrected chi connectivity index (χ0v) is 17.2. The monoisotopic (exact) mass is 400 g/mol. The fourth-order valence-corrected chi connectivity index (χ4v) is 5.53. The third kappa shape index (κ3) is 4.13. The van der Waals surface area contributed by atoms with Crippen molar-refractivity contribution in [2.45, 2.75) is 58.0 Å². The minimum Gasteiger partial charge on any atom is -0.463 e. The highest BCUT2D eigenvalue weighted by molar-refractivity contribution is 5.85. The molecule has 0 aromatic carbocycles. The van der Waals surface area contributed by atoms with Gasteiger partial charge in [-0.3, -0.25) is 4.79 Å². The van der Waals surface area contributed by atoms with Crippen molar-refractivity contribution in [3.05, 3.63) is 0 Å². The third-order valence-electron chi connectivity index (χ3n) is 7.48. The number of carbonyl (C=O) groups is 2. The van der Waals surface area contributed by atoms with Crippen LogP contribution in [0.2, 0.25) is 0 Å². The Bertz CT molecular complexity index is 527. The van der Waals surface area contributed by atoms with Gasteiger partial charge >= 0.3 is 11.9 Å². The van der Waals surface area contributed by atoms with Crippen LogP contribution in [0.1, 0.15) is 51.9 Å². The Morgan fingerprint density at radius 2 is 1.37 bits per heavy atom. The highest BCUT2D eigenvalue weighted by atomic mass is 35.5. The molecule has 4 bridgehead atoms. The van der Waals surface area contributed by atoms with Gasteiger partial charge in [0.25, 0.3) is 0 Å². The second kappa shape index (κ2) is 8.26. The van der Waals surface area contributed by atoms with E-state index in [0.29, 0.717) is 13.0 Å². The van der Waals surface area contributed by atoms with E-state index in [2.05, 4.69) is 9.80 Å². The van der Waals surface area contributed by atoms with Gasteiger partial charge in [-0.05, 0) is 90.1 Å². The van der Waals surface area contributed by atoms with Gasteiger partial charge in [0, 0.05) is 5.41 Å². The minimum atomic E-state index is -0.725. The van der Waals surface area contributed by atoms with Crippen molar-refractivity contribution < 1.29 is 19.1 Å². The van der Waals surface area contributed by atoms with Crippen molar-refractivity contribution in [1.82, 2.24) is 9.80 Å². The van der Waals surface area contributed by atoms with E-state index in [9.17, 15) is 9.59 Å². The average molecular weight is 401 g/mol. The van der Waals surface area contributed by atoms with Gasteiger partial charge < -0.3 is 19.3 Å². The van der Waals surface area contributed by atoms with Crippen molar-refractivity contribution >= 4 is 24.3 Å². The Hall–Kier alpha value is -0.850. The number of rotatable bonds is 6. The predicted octanol–water partition coefficient (Wildman–Crippen LogP) is 2.25. The molecule has 7 heteroatoms. The first-order chi connectivity index (χ1) is 12.5. The normalized spacial score (nSPS) is 38.0. The van der Waals surface area contributed by atoms with E-state index < -0.39 is 6.10 Å². The number of hydrogen-bond acceptors (Lipinski definition) is 6. The smallest absolute Gasteiger partial charge is 0.348 e. The number of piperidine rings is 6. The molecule has 0 spiro atoms. The Morgan fingerprint density at radius 3 is 1.85 bits per heavy atom. The lowest BCUT2D eigenvalue weighted by atomic mass is 9.68. The second-order valence-electron chi connectivity index (χ2n) is 8.84. The van der Waals surface area contributed by atoms with Crippen molar-refractivity contribution in [1.29, 1.82) is 0 Å². The number of esters is 2. The maximum absolute atomic E-state index is 12.9. The summed E-state index contributed by atoms with van der Waals surface area (Å²) < 4.78 is 11.2. The molecule has 0 amide bonds. The van der Waals surface area contributed by atoms with Gasteiger partial charge in [0.15, 0.2) is 0 Å². The van der Waals surface area contributed by atoms with E-state index in [1.54, 1.807) is 0 Å². The molecule has 0 saturated carbocycles. The molecule has 0 radical (unpaired) electrons. The fourth-order valence-electron chi connectivity index (χ4n) is 5.53. The van der Waals surface area contributed by atoms with Gasteiger partial charge in [-0.2, -0.15) is 0 Å². The summed E-state index contributed by atoms with van der Waals surface area (Å²) in [5.41, 5.74) is -0.122. The van der Waals surface area contributed by atoms with E-state index >= 15 is 0 Å². The summed E-state index contributed by atoms with van der Waals surface area (Å²) in [5, 5.41) is 0. The van der Waals surface area contributed by atoms with Crippen LogP contribution in [0, 0.1) is 10.8 Å². The molecule has 6 nitrogen and oxygen atoms in total. The molecule has 0 aromatic heterocycles. The Morgan fingerprint density at radius 1 is 0.889 bits per heavy atom. The van der Waals surface area contributed by atoms with E-state index in [1.807, 2.05) is 6.92 Å². The molecule has 6 fully saturated rings. The van der Waals surface area contributed by atoms with E-state index in [-0.39, 0.29) is 35.2 Å². The van der Waals surface area contributed by atoms with Crippen LogP contribution < -0.4 is 0 Å². The van der Waals surface area contributed by atoms with Crippen LogP contribution in [-0.2, 0) is 19.1 Å². The lowest BCUT2D eigenvalue weighted by Crippen LogP contribution is -2.57. The lowest BCUT2D eigenvalue weighted by Gasteiger charge is -2.51. The van der Waals surface area contributed by atoms with Crippen molar-refractivity contribution in [3.63, 3.8) is 0 Å². The fraction of sp³-hybridized carbons (Fsp3) is 0.900. The summed E-state index contributed by atoms with van der Waals surface area (Å²) in [5.74, 6) is -0.534. The summed E-state index contributed by atoms with van der Waals surface area (Å²) in [4.78, 5) is 30.5. The minimum absolute atomic E-state index is 0. The number of carbonyl (C=O) groups excluding carboxylic acids is 2. The predicted molar refractivity (Wildman–Crippen MR) is 104 cm³/mol. The van der Waals surface area contributed by atoms with Gasteiger partial charge in [0.2, 0.25) is 6.10 Å². The molecule has 6 saturated heterocycles. The summed E-state index contributed by atoms with van der Waals surface area (Å²) in [6.45, 7) is 8.40. The molecule has 1 unspecified atom stereocenters. The average Bonchev–Trinajstić information content (AvgIpc) is 2.68. The van der Waals surface area contributed by atoms with Crippen LogP contribution in [0.4, 0.5) is 0 Å². The van der Waals surface area contributed by atoms with E-state index in [4.69, 9.17) is 9.47 Å². The van der Waals surface area contributed by atoms with Gasteiger partial charge in [-0.15, -0.1) is 12.4 Å². The van der Waals surface area contributed by atoms with Crippen LogP contribution in [0.5, 0.6) is 0 Å². The maximum atomic E-state index is 12.9. The molecule has 6 rings (SSSR count). The topological polar surface area (TPSA) is 59.1 Å². The number of ether oxygens (including phenoxy) is 2. The van der Waals surface area contributed by atoms with Gasteiger partial charge in [0.1, 0.15) is 0 Å². The molecule has 0 aromatic rings. The number of nitrogens with zero attached hydrogens (tertiary/aromatic N) is 2. The molecule has 6 heterocycles. The first-order valence-corrected chi connectivity index (χ1v) is 10.4. The highest BCUT2D eigenvalue weighted by Crippen LogP contribution is 2.46. The summed E-state index contributed by atoms with van der Waals surface area (Å²) in [6, 6.07) is 0. The number of halogens is 1. The van der Waals surface area contributed by atoms with Crippen molar-refractivity contribution in [2.75, 3.05) is 45.9 Å². The summed E-state index contributed by atoms with van der Waals surface area (Å²) in [7, 11) is 0. The third-order valence-corrected chi connectivity index (χ3v) is 7.48. The molecule has 6 aliphatic rings. The zero-order chi connectivity index (χ0) is 18.2. The summed E-state index contributed by atoms with van der Waals surface area (Å²) >= 11 is 0. The van der Waals surface area contributed by atoms with Gasteiger partial charge in [-0.1, -0.05) is 0 Å². The summed E-state index contributed by atoms with van der Waals surface area (Å²) in [6.07, 6.45) is 5.72. The first kappa shape index (κ1) is 20.9.